The van der Waals surface area contributed by atoms with E-state index in [9.17, 15) is 8.42 Å². The van der Waals surface area contributed by atoms with Gasteiger partial charge in [0, 0.05) is 0 Å². The van der Waals surface area contributed by atoms with Gasteiger partial charge < -0.3 is 0 Å². The van der Waals surface area contributed by atoms with Crippen LogP contribution in [0.2, 0.25) is 0 Å². The van der Waals surface area contributed by atoms with Gasteiger partial charge in [0.15, 0.2) is 6.07 Å². The van der Waals surface area contributed by atoms with Gasteiger partial charge in [0.2, 0.25) is 9.84 Å². The lowest BCUT2D eigenvalue weighted by Crippen LogP contribution is -2.26. The zero-order valence-electron chi connectivity index (χ0n) is 6.98. The second-order valence-corrected chi connectivity index (χ2v) is 4.85. The molecule has 2 atom stereocenters. The van der Waals surface area contributed by atoms with Crippen molar-refractivity contribution >= 4 is 9.84 Å². The van der Waals surface area contributed by atoms with Crippen LogP contribution in [-0.4, -0.2) is 19.0 Å². The predicted octanol–water partition coefficient (Wildman–Crippen LogP) is 0.969. The van der Waals surface area contributed by atoms with E-state index in [2.05, 4.69) is 4.85 Å². The summed E-state index contributed by atoms with van der Waals surface area (Å²) in [6, 6.07) is 1.47. The highest BCUT2D eigenvalue weighted by Crippen LogP contribution is 2.12. The molecule has 2 unspecified atom stereocenters. The first-order chi connectivity index (χ1) is 5.50. The van der Waals surface area contributed by atoms with Crippen LogP contribution < -0.4 is 0 Å². The highest BCUT2D eigenvalue weighted by Gasteiger charge is 2.34. The standard InChI is InChI=1S/C7H10N2O2S/c1-4-6(2)12(10,11)7(5-8)9-3/h6-7H,4H2,1-2H3. The van der Waals surface area contributed by atoms with E-state index in [4.69, 9.17) is 11.8 Å². The van der Waals surface area contributed by atoms with Crippen molar-refractivity contribution in [2.45, 2.75) is 30.9 Å². The molecule has 0 aromatic heterocycles. The molecule has 0 N–H and O–H groups in total. The minimum Gasteiger partial charge on any atom is -0.280 e. The Hall–Kier alpha value is -1.07. The fourth-order valence-electron chi connectivity index (χ4n) is 0.628. The lowest BCUT2D eigenvalue weighted by Gasteiger charge is -2.06. The maximum atomic E-state index is 11.3. The van der Waals surface area contributed by atoms with E-state index >= 15 is 0 Å². The maximum absolute atomic E-state index is 11.3. The first-order valence-electron chi connectivity index (χ1n) is 3.49. The molecular formula is C7H10N2O2S. The quantitative estimate of drug-likeness (QED) is 0.617. The van der Waals surface area contributed by atoms with E-state index in [0.717, 1.165) is 0 Å². The van der Waals surface area contributed by atoms with Crippen molar-refractivity contribution in [1.29, 1.82) is 5.26 Å². The highest BCUT2D eigenvalue weighted by atomic mass is 32.2. The summed E-state index contributed by atoms with van der Waals surface area (Å²) in [6.07, 6.45) is 0.427. The summed E-state index contributed by atoms with van der Waals surface area (Å²) in [5, 5.41) is 6.21. The van der Waals surface area contributed by atoms with Gasteiger partial charge in [0.05, 0.1) is 5.25 Å². The van der Waals surface area contributed by atoms with E-state index in [1.54, 1.807) is 6.92 Å². The third-order valence-electron chi connectivity index (χ3n) is 1.67. The summed E-state index contributed by atoms with van der Waals surface area (Å²) in [6.45, 7) is 9.72. The summed E-state index contributed by atoms with van der Waals surface area (Å²) >= 11 is 0. The normalized spacial score (nSPS) is 15.7. The third kappa shape index (κ3) is 1.96. The van der Waals surface area contributed by atoms with Crippen LogP contribution in [0.25, 0.3) is 4.85 Å². The van der Waals surface area contributed by atoms with Crippen LogP contribution in [0.15, 0.2) is 0 Å². The lowest BCUT2D eigenvalue weighted by molar-refractivity contribution is 0.579. The topological polar surface area (TPSA) is 62.3 Å². The van der Waals surface area contributed by atoms with Gasteiger partial charge in [-0.2, -0.15) is 5.26 Å². The van der Waals surface area contributed by atoms with Crippen LogP contribution in [0.1, 0.15) is 20.3 Å². The number of rotatable bonds is 3. The van der Waals surface area contributed by atoms with E-state index < -0.39 is 20.5 Å². The monoisotopic (exact) mass is 186 g/mol. The number of sulfone groups is 1. The molecule has 0 amide bonds. The minimum atomic E-state index is -3.57. The van der Waals surface area contributed by atoms with E-state index in [0.29, 0.717) is 6.42 Å². The second-order valence-electron chi connectivity index (χ2n) is 2.42. The van der Waals surface area contributed by atoms with Crippen molar-refractivity contribution in [3.63, 3.8) is 0 Å². The maximum Gasteiger partial charge on any atom is 0.404 e. The molecule has 0 aliphatic heterocycles. The summed E-state index contributed by atoms with van der Waals surface area (Å²) in [5.74, 6) is 0. The molecule has 66 valence electrons. The molecule has 0 heterocycles. The molecule has 0 saturated heterocycles. The molecule has 0 aliphatic carbocycles. The smallest absolute Gasteiger partial charge is 0.280 e. The van der Waals surface area contributed by atoms with Crippen LogP contribution in [0.3, 0.4) is 0 Å². The van der Waals surface area contributed by atoms with Crippen molar-refractivity contribution in [2.24, 2.45) is 0 Å². The van der Waals surface area contributed by atoms with Gasteiger partial charge in [-0.15, -0.1) is 0 Å². The van der Waals surface area contributed by atoms with Crippen molar-refractivity contribution < 1.29 is 8.42 Å². The van der Waals surface area contributed by atoms with Crippen molar-refractivity contribution in [1.82, 2.24) is 0 Å². The molecule has 0 aromatic carbocycles. The Bertz CT molecular complexity index is 306. The Kier molecular flexibility index (Phi) is 3.72. The Morgan fingerprint density at radius 3 is 2.42 bits per heavy atom. The van der Waals surface area contributed by atoms with Crippen LogP contribution in [-0.2, 0) is 9.84 Å². The highest BCUT2D eigenvalue weighted by molar-refractivity contribution is 7.93. The summed E-state index contributed by atoms with van der Waals surface area (Å²) in [4.78, 5) is 2.75. The number of hydrogen-bond donors (Lipinski definition) is 0. The molecule has 12 heavy (non-hydrogen) atoms. The van der Waals surface area contributed by atoms with Crippen molar-refractivity contribution in [3.05, 3.63) is 11.4 Å². The summed E-state index contributed by atoms with van der Waals surface area (Å²) in [7, 11) is -3.57. The molecular weight excluding hydrogens is 176 g/mol. The number of nitrogens with zero attached hydrogens (tertiary/aromatic N) is 2. The predicted molar refractivity (Wildman–Crippen MR) is 44.7 cm³/mol. The summed E-state index contributed by atoms with van der Waals surface area (Å²) in [5.41, 5.74) is 0. The van der Waals surface area contributed by atoms with E-state index in [-0.39, 0.29) is 0 Å². The van der Waals surface area contributed by atoms with Crippen LogP contribution >= 0.6 is 0 Å². The first-order valence-corrected chi connectivity index (χ1v) is 5.10. The molecule has 0 spiro atoms. The zero-order chi connectivity index (χ0) is 9.78. The van der Waals surface area contributed by atoms with Crippen LogP contribution in [0.4, 0.5) is 0 Å². The number of hydrogen-bond acceptors (Lipinski definition) is 3. The van der Waals surface area contributed by atoms with Gasteiger partial charge >= 0.3 is 5.37 Å². The Balaban J connectivity index is 4.90. The molecule has 0 radical (unpaired) electrons. The molecule has 0 fully saturated rings. The fraction of sp³-hybridized carbons (Fsp3) is 0.714. The van der Waals surface area contributed by atoms with Crippen molar-refractivity contribution in [2.75, 3.05) is 0 Å². The molecule has 4 nitrogen and oxygen atoms in total. The van der Waals surface area contributed by atoms with Gasteiger partial charge in [-0.05, 0) is 13.3 Å². The largest absolute Gasteiger partial charge is 0.404 e. The Labute approximate surface area is 72.5 Å². The average molecular weight is 186 g/mol. The SMILES string of the molecule is [C-]#[N+]C(C#N)S(=O)(=O)C(C)CC. The van der Waals surface area contributed by atoms with Gasteiger partial charge in [0.1, 0.15) is 0 Å². The van der Waals surface area contributed by atoms with Crippen molar-refractivity contribution in [3.8, 4) is 6.07 Å². The fourth-order valence-corrected chi connectivity index (χ4v) is 1.83. The molecule has 0 bridgehead atoms. The second kappa shape index (κ2) is 4.08. The molecule has 0 rings (SSSR count). The zero-order valence-corrected chi connectivity index (χ0v) is 7.80. The third-order valence-corrected chi connectivity index (χ3v) is 3.96. The molecule has 0 saturated carbocycles. The van der Waals surface area contributed by atoms with Gasteiger partial charge in [-0.1, -0.05) is 6.92 Å². The number of nitriles is 1. The van der Waals surface area contributed by atoms with E-state index in [1.807, 2.05) is 0 Å². The van der Waals surface area contributed by atoms with Gasteiger partial charge in [-0.3, -0.25) is 4.85 Å². The first kappa shape index (κ1) is 10.9. The average Bonchev–Trinajstić information content (AvgIpc) is 2.04. The molecule has 0 aliphatic rings. The van der Waals surface area contributed by atoms with Gasteiger partial charge in [0.25, 0.3) is 0 Å². The molecule has 0 aromatic rings. The Morgan fingerprint density at radius 2 is 2.17 bits per heavy atom. The Morgan fingerprint density at radius 1 is 1.67 bits per heavy atom. The van der Waals surface area contributed by atoms with Crippen LogP contribution in [0, 0.1) is 17.9 Å². The minimum absolute atomic E-state index is 0.427. The summed E-state index contributed by atoms with van der Waals surface area (Å²) < 4.78 is 22.6. The van der Waals surface area contributed by atoms with E-state index in [1.165, 1.54) is 13.0 Å². The molecule has 5 heteroatoms. The van der Waals surface area contributed by atoms with Crippen LogP contribution in [0.5, 0.6) is 0 Å². The van der Waals surface area contributed by atoms with Gasteiger partial charge in [-0.25, -0.2) is 15.0 Å². The lowest BCUT2D eigenvalue weighted by atomic mass is 10.4.